The molecule has 0 spiro atoms. The summed E-state index contributed by atoms with van der Waals surface area (Å²) in [5.74, 6) is -0.391. The van der Waals surface area contributed by atoms with Crippen molar-refractivity contribution in [2.24, 2.45) is 0 Å². The maximum Gasteiger partial charge on any atom is 0.258 e. The molecule has 0 aliphatic carbocycles. The minimum atomic E-state index is -0.661. The minimum absolute atomic E-state index is 0.127. The van der Waals surface area contributed by atoms with Gasteiger partial charge in [-0.25, -0.2) is 4.98 Å². The molecule has 1 unspecified atom stereocenters. The third-order valence-electron chi connectivity index (χ3n) is 5.43. The smallest absolute Gasteiger partial charge is 0.258 e. The molecule has 1 N–H and O–H groups in total. The van der Waals surface area contributed by atoms with Crippen molar-refractivity contribution in [1.82, 2.24) is 9.88 Å². The van der Waals surface area contributed by atoms with Crippen LogP contribution in [0, 0.1) is 0 Å². The van der Waals surface area contributed by atoms with Gasteiger partial charge >= 0.3 is 0 Å². The molecule has 7 nitrogen and oxygen atoms in total. The standard InChI is InChI=1S/C24H22ClN3O4S/c1-14(29)21-20(15-7-4-3-5-8-15)26-24(33-21)27-22(30)18-9-6-12-28(18)23(31)17-13-16(25)10-11-19(17)32-2/h3-5,7-8,10-11,13,18H,6,9,12H2,1-2H3,(H,26,27,30). The van der Waals surface area contributed by atoms with Gasteiger partial charge in [0.1, 0.15) is 11.8 Å². The SMILES string of the molecule is COc1ccc(Cl)cc1C(=O)N1CCCC1C(=O)Nc1nc(-c2ccccc2)c(C(C)=O)s1. The lowest BCUT2D eigenvalue weighted by Crippen LogP contribution is -2.43. The third-order valence-corrected chi connectivity index (χ3v) is 6.74. The number of hydrogen-bond acceptors (Lipinski definition) is 6. The second kappa shape index (κ2) is 9.72. The summed E-state index contributed by atoms with van der Waals surface area (Å²) in [6.45, 7) is 1.92. The molecule has 2 heterocycles. The molecule has 1 fully saturated rings. The Hall–Kier alpha value is -3.23. The topological polar surface area (TPSA) is 88.6 Å². The van der Waals surface area contributed by atoms with Crippen molar-refractivity contribution in [3.8, 4) is 17.0 Å². The highest BCUT2D eigenvalue weighted by molar-refractivity contribution is 7.18. The van der Waals surface area contributed by atoms with E-state index in [0.717, 1.165) is 16.9 Å². The molecule has 1 aliphatic heterocycles. The number of aromatic nitrogens is 1. The first-order chi connectivity index (χ1) is 15.9. The fourth-order valence-electron chi connectivity index (χ4n) is 3.88. The molecule has 1 atom stereocenters. The summed E-state index contributed by atoms with van der Waals surface area (Å²) in [6, 6.07) is 13.5. The highest BCUT2D eigenvalue weighted by Gasteiger charge is 2.36. The predicted octanol–water partition coefficient (Wildman–Crippen LogP) is 4.92. The molecular weight excluding hydrogens is 462 g/mol. The Morgan fingerprint density at radius 3 is 2.64 bits per heavy atom. The van der Waals surface area contributed by atoms with E-state index in [-0.39, 0.29) is 17.6 Å². The van der Waals surface area contributed by atoms with Gasteiger partial charge in [0.05, 0.1) is 23.2 Å². The number of nitrogens with one attached hydrogen (secondary N) is 1. The van der Waals surface area contributed by atoms with Crippen LogP contribution >= 0.6 is 22.9 Å². The molecular formula is C24H22ClN3O4S. The summed E-state index contributed by atoms with van der Waals surface area (Å²) in [5.41, 5.74) is 1.64. The first kappa shape index (κ1) is 22.9. The number of nitrogens with zero attached hydrogens (tertiary/aromatic N) is 2. The fraction of sp³-hybridized carbons (Fsp3) is 0.250. The number of thiazole rings is 1. The normalized spacial score (nSPS) is 15.4. The summed E-state index contributed by atoms with van der Waals surface area (Å²) < 4.78 is 5.31. The van der Waals surface area contributed by atoms with E-state index < -0.39 is 6.04 Å². The Kier molecular flexibility index (Phi) is 6.76. The number of rotatable bonds is 6. The van der Waals surface area contributed by atoms with Gasteiger partial charge in [-0.1, -0.05) is 53.3 Å². The van der Waals surface area contributed by atoms with E-state index in [1.807, 2.05) is 30.3 Å². The van der Waals surface area contributed by atoms with Crippen LogP contribution in [0.1, 0.15) is 39.8 Å². The van der Waals surface area contributed by atoms with Crippen molar-refractivity contribution in [2.45, 2.75) is 25.8 Å². The number of carbonyl (C=O) groups excluding carboxylic acids is 3. The minimum Gasteiger partial charge on any atom is -0.496 e. The van der Waals surface area contributed by atoms with Crippen molar-refractivity contribution in [3.05, 3.63) is 64.0 Å². The van der Waals surface area contributed by atoms with E-state index in [2.05, 4.69) is 10.3 Å². The Balaban J connectivity index is 1.57. The first-order valence-electron chi connectivity index (χ1n) is 10.4. The Labute approximate surface area is 200 Å². The van der Waals surface area contributed by atoms with Crippen LogP contribution in [0.15, 0.2) is 48.5 Å². The average Bonchev–Trinajstić information content (AvgIpc) is 3.47. The second-order valence-electron chi connectivity index (χ2n) is 7.61. The molecule has 4 rings (SSSR count). The predicted molar refractivity (Wildman–Crippen MR) is 128 cm³/mol. The molecule has 0 radical (unpaired) electrons. The molecule has 170 valence electrons. The van der Waals surface area contributed by atoms with E-state index in [4.69, 9.17) is 16.3 Å². The molecule has 0 bridgehead atoms. The van der Waals surface area contributed by atoms with Crippen molar-refractivity contribution >= 4 is 45.7 Å². The number of halogens is 1. The van der Waals surface area contributed by atoms with Gasteiger partial charge in [0.15, 0.2) is 10.9 Å². The highest BCUT2D eigenvalue weighted by Crippen LogP contribution is 2.33. The largest absolute Gasteiger partial charge is 0.496 e. The lowest BCUT2D eigenvalue weighted by molar-refractivity contribution is -0.119. The zero-order valence-electron chi connectivity index (χ0n) is 18.1. The maximum absolute atomic E-state index is 13.2. The van der Waals surface area contributed by atoms with Crippen LogP contribution in [0.25, 0.3) is 11.3 Å². The van der Waals surface area contributed by atoms with Gasteiger partial charge in [-0.15, -0.1) is 0 Å². The van der Waals surface area contributed by atoms with Gasteiger partial charge in [0, 0.05) is 24.1 Å². The van der Waals surface area contributed by atoms with Gasteiger partial charge in [-0.2, -0.15) is 0 Å². The molecule has 1 aliphatic rings. The van der Waals surface area contributed by atoms with Crippen LogP contribution in [0.5, 0.6) is 5.75 Å². The molecule has 1 saturated heterocycles. The number of anilines is 1. The molecule has 1 aromatic heterocycles. The summed E-state index contributed by atoms with van der Waals surface area (Å²) in [6.07, 6.45) is 1.22. The highest BCUT2D eigenvalue weighted by atomic mass is 35.5. The molecule has 3 aromatic rings. The van der Waals surface area contributed by atoms with E-state index >= 15 is 0 Å². The van der Waals surface area contributed by atoms with Crippen LogP contribution in [0.2, 0.25) is 5.02 Å². The number of ether oxygens (including phenoxy) is 1. The van der Waals surface area contributed by atoms with E-state index in [0.29, 0.717) is 51.4 Å². The van der Waals surface area contributed by atoms with E-state index in [9.17, 15) is 14.4 Å². The third kappa shape index (κ3) is 4.77. The van der Waals surface area contributed by atoms with Gasteiger partial charge in [0.2, 0.25) is 5.91 Å². The molecule has 2 amide bonds. The number of ketones is 1. The zero-order valence-corrected chi connectivity index (χ0v) is 19.7. The zero-order chi connectivity index (χ0) is 23.5. The molecule has 0 saturated carbocycles. The quantitative estimate of drug-likeness (QED) is 0.503. The molecule has 9 heteroatoms. The number of amides is 2. The van der Waals surface area contributed by atoms with Gasteiger partial charge in [-0.05, 0) is 31.0 Å². The van der Waals surface area contributed by atoms with Crippen LogP contribution in [-0.2, 0) is 4.79 Å². The van der Waals surface area contributed by atoms with Crippen molar-refractivity contribution in [2.75, 3.05) is 19.0 Å². The van der Waals surface area contributed by atoms with Crippen LogP contribution < -0.4 is 10.1 Å². The first-order valence-corrected chi connectivity index (χ1v) is 11.6. The second-order valence-corrected chi connectivity index (χ2v) is 9.04. The van der Waals surface area contributed by atoms with Crippen LogP contribution in [-0.4, -0.2) is 47.2 Å². The van der Waals surface area contributed by atoms with E-state index in [1.54, 1.807) is 18.2 Å². The van der Waals surface area contributed by atoms with Gasteiger partial charge in [-0.3, -0.25) is 14.4 Å². The Morgan fingerprint density at radius 2 is 1.94 bits per heavy atom. The number of Topliss-reactive ketones (excluding diaryl/α,β-unsaturated/α-hetero) is 1. The lowest BCUT2D eigenvalue weighted by atomic mass is 10.1. The number of hydrogen-bond donors (Lipinski definition) is 1. The average molecular weight is 484 g/mol. The lowest BCUT2D eigenvalue weighted by Gasteiger charge is -2.24. The van der Waals surface area contributed by atoms with E-state index in [1.165, 1.54) is 18.9 Å². The summed E-state index contributed by atoms with van der Waals surface area (Å²) >= 11 is 7.21. The van der Waals surface area contributed by atoms with Gasteiger partial charge < -0.3 is 15.0 Å². The molecule has 33 heavy (non-hydrogen) atoms. The van der Waals surface area contributed by atoms with Gasteiger partial charge in [0.25, 0.3) is 5.91 Å². The number of likely N-dealkylation sites (tertiary alicyclic amines) is 1. The summed E-state index contributed by atoms with van der Waals surface area (Å²) in [5, 5.41) is 3.54. The van der Waals surface area contributed by atoms with Crippen LogP contribution in [0.3, 0.4) is 0 Å². The Bertz CT molecular complexity index is 1210. The Morgan fingerprint density at radius 1 is 1.18 bits per heavy atom. The number of methoxy groups -OCH3 is 1. The molecule has 2 aromatic carbocycles. The number of benzene rings is 2. The maximum atomic E-state index is 13.2. The monoisotopic (exact) mass is 483 g/mol. The fourth-order valence-corrected chi connectivity index (χ4v) is 4.93. The van der Waals surface area contributed by atoms with Crippen molar-refractivity contribution in [1.29, 1.82) is 0 Å². The van der Waals surface area contributed by atoms with Crippen molar-refractivity contribution < 1.29 is 19.1 Å². The summed E-state index contributed by atoms with van der Waals surface area (Å²) in [4.78, 5) is 45.0. The number of carbonyl (C=O) groups is 3. The summed E-state index contributed by atoms with van der Waals surface area (Å²) in [7, 11) is 1.48. The van der Waals surface area contributed by atoms with Crippen molar-refractivity contribution in [3.63, 3.8) is 0 Å². The van der Waals surface area contributed by atoms with Crippen LogP contribution in [0.4, 0.5) is 5.13 Å².